The molecule has 0 aliphatic rings. The molecule has 3 heteroatoms. The largest absolute Gasteiger partial charge is 0.390 e. The standard InChI is InChI=1S/C10H23NO2/c1-7(2)11-6-8(12)9(13)10(3,4)5/h7-9,11-13H,6H2,1-5H3/t8-,9-/m0/s1. The van der Waals surface area contributed by atoms with Gasteiger partial charge in [0.05, 0.1) is 12.2 Å². The molecule has 0 aliphatic heterocycles. The molecule has 0 rings (SSSR count). The summed E-state index contributed by atoms with van der Waals surface area (Å²) < 4.78 is 0. The second-order valence-electron chi connectivity index (χ2n) is 4.94. The van der Waals surface area contributed by atoms with Gasteiger partial charge in [-0.3, -0.25) is 0 Å². The van der Waals surface area contributed by atoms with Crippen LogP contribution in [0.2, 0.25) is 0 Å². The average molecular weight is 189 g/mol. The van der Waals surface area contributed by atoms with Crippen LogP contribution in [-0.2, 0) is 0 Å². The van der Waals surface area contributed by atoms with Gasteiger partial charge in [0, 0.05) is 12.6 Å². The van der Waals surface area contributed by atoms with Crippen LogP contribution in [0.3, 0.4) is 0 Å². The molecule has 0 aromatic heterocycles. The quantitative estimate of drug-likeness (QED) is 0.612. The summed E-state index contributed by atoms with van der Waals surface area (Å²) in [4.78, 5) is 0. The highest BCUT2D eigenvalue weighted by molar-refractivity contribution is 4.81. The Labute approximate surface area is 81.2 Å². The van der Waals surface area contributed by atoms with E-state index in [4.69, 9.17) is 0 Å². The highest BCUT2D eigenvalue weighted by Gasteiger charge is 2.28. The molecule has 0 aromatic rings. The van der Waals surface area contributed by atoms with Gasteiger partial charge in [-0.05, 0) is 5.41 Å². The maximum Gasteiger partial charge on any atom is 0.0928 e. The van der Waals surface area contributed by atoms with E-state index in [1.165, 1.54) is 0 Å². The molecule has 13 heavy (non-hydrogen) atoms. The first-order chi connectivity index (χ1) is 5.75. The molecule has 3 N–H and O–H groups in total. The molecule has 0 fully saturated rings. The highest BCUT2D eigenvalue weighted by Crippen LogP contribution is 2.21. The van der Waals surface area contributed by atoms with Crippen molar-refractivity contribution in [1.82, 2.24) is 5.32 Å². The van der Waals surface area contributed by atoms with Crippen molar-refractivity contribution in [3.05, 3.63) is 0 Å². The average Bonchev–Trinajstić information content (AvgIpc) is 1.96. The molecule has 0 spiro atoms. The van der Waals surface area contributed by atoms with E-state index in [1.807, 2.05) is 34.6 Å². The minimum Gasteiger partial charge on any atom is -0.390 e. The van der Waals surface area contributed by atoms with Gasteiger partial charge in [0.25, 0.3) is 0 Å². The summed E-state index contributed by atoms with van der Waals surface area (Å²) in [6, 6.07) is 0.335. The lowest BCUT2D eigenvalue weighted by molar-refractivity contribution is -0.0433. The van der Waals surface area contributed by atoms with Crippen LogP contribution in [0.1, 0.15) is 34.6 Å². The van der Waals surface area contributed by atoms with Crippen molar-refractivity contribution < 1.29 is 10.2 Å². The number of hydrogen-bond acceptors (Lipinski definition) is 3. The number of rotatable bonds is 4. The van der Waals surface area contributed by atoms with E-state index in [0.717, 1.165) is 0 Å². The molecule has 0 aliphatic carbocycles. The first-order valence-electron chi connectivity index (χ1n) is 4.84. The first kappa shape index (κ1) is 12.9. The van der Waals surface area contributed by atoms with Crippen LogP contribution in [-0.4, -0.2) is 35.0 Å². The Morgan fingerprint density at radius 1 is 1.15 bits per heavy atom. The zero-order valence-corrected chi connectivity index (χ0v) is 9.33. The van der Waals surface area contributed by atoms with E-state index in [0.29, 0.717) is 12.6 Å². The van der Waals surface area contributed by atoms with Crippen molar-refractivity contribution in [1.29, 1.82) is 0 Å². The molecule has 0 heterocycles. The summed E-state index contributed by atoms with van der Waals surface area (Å²) in [7, 11) is 0. The zero-order chi connectivity index (χ0) is 10.6. The van der Waals surface area contributed by atoms with Crippen molar-refractivity contribution in [3.8, 4) is 0 Å². The molecule has 0 amide bonds. The number of aliphatic hydroxyl groups excluding tert-OH is 2. The van der Waals surface area contributed by atoms with Gasteiger partial charge < -0.3 is 15.5 Å². The van der Waals surface area contributed by atoms with E-state index >= 15 is 0 Å². The minimum atomic E-state index is -0.692. The molecular weight excluding hydrogens is 166 g/mol. The van der Waals surface area contributed by atoms with Gasteiger partial charge in [-0.2, -0.15) is 0 Å². The predicted molar refractivity (Wildman–Crippen MR) is 54.6 cm³/mol. The van der Waals surface area contributed by atoms with Gasteiger partial charge in [-0.1, -0.05) is 34.6 Å². The minimum absolute atomic E-state index is 0.266. The Balaban J connectivity index is 3.90. The van der Waals surface area contributed by atoms with E-state index < -0.39 is 12.2 Å². The fourth-order valence-corrected chi connectivity index (χ4v) is 1.05. The summed E-state index contributed by atoms with van der Waals surface area (Å²) in [6.45, 7) is 10.2. The monoisotopic (exact) mass is 189 g/mol. The number of hydrogen-bond donors (Lipinski definition) is 3. The Bertz CT molecular complexity index is 140. The van der Waals surface area contributed by atoms with Crippen LogP contribution >= 0.6 is 0 Å². The Hall–Kier alpha value is -0.120. The molecule has 0 saturated carbocycles. The van der Waals surface area contributed by atoms with Crippen LogP contribution < -0.4 is 5.32 Å². The lowest BCUT2D eigenvalue weighted by atomic mass is 9.86. The number of aliphatic hydroxyl groups is 2. The molecule has 2 atom stereocenters. The van der Waals surface area contributed by atoms with E-state index in [-0.39, 0.29) is 5.41 Å². The molecular formula is C10H23NO2. The maximum atomic E-state index is 9.68. The second-order valence-corrected chi connectivity index (χ2v) is 4.94. The highest BCUT2D eigenvalue weighted by atomic mass is 16.3. The zero-order valence-electron chi connectivity index (χ0n) is 9.33. The molecule has 0 bridgehead atoms. The predicted octanol–water partition coefficient (Wildman–Crippen LogP) is 0.752. The third kappa shape index (κ3) is 5.24. The lowest BCUT2D eigenvalue weighted by Crippen LogP contribution is -2.44. The summed E-state index contributed by atoms with van der Waals surface area (Å²) >= 11 is 0. The normalized spacial score (nSPS) is 17.5. The summed E-state index contributed by atoms with van der Waals surface area (Å²) in [5, 5.41) is 22.4. The smallest absolute Gasteiger partial charge is 0.0928 e. The van der Waals surface area contributed by atoms with E-state index in [2.05, 4.69) is 5.32 Å². The van der Waals surface area contributed by atoms with Gasteiger partial charge in [0.1, 0.15) is 0 Å². The van der Waals surface area contributed by atoms with Crippen LogP contribution in [0.5, 0.6) is 0 Å². The van der Waals surface area contributed by atoms with Crippen molar-refractivity contribution in [2.75, 3.05) is 6.54 Å². The van der Waals surface area contributed by atoms with Gasteiger partial charge in [0.2, 0.25) is 0 Å². The fraction of sp³-hybridized carbons (Fsp3) is 1.00. The molecule has 0 radical (unpaired) electrons. The van der Waals surface area contributed by atoms with E-state index in [1.54, 1.807) is 0 Å². The molecule has 0 aromatic carbocycles. The molecule has 0 unspecified atom stereocenters. The van der Waals surface area contributed by atoms with Crippen LogP contribution in [0.15, 0.2) is 0 Å². The lowest BCUT2D eigenvalue weighted by Gasteiger charge is -2.30. The van der Waals surface area contributed by atoms with Crippen molar-refractivity contribution in [3.63, 3.8) is 0 Å². The summed E-state index contributed by atoms with van der Waals surface area (Å²) in [6.07, 6.45) is -1.37. The van der Waals surface area contributed by atoms with Crippen molar-refractivity contribution >= 4 is 0 Å². The summed E-state index contributed by atoms with van der Waals surface area (Å²) in [5.74, 6) is 0. The number of nitrogens with one attached hydrogen (secondary N) is 1. The van der Waals surface area contributed by atoms with Crippen molar-refractivity contribution in [2.24, 2.45) is 5.41 Å². The Kier molecular flexibility index (Phi) is 4.89. The molecule has 3 nitrogen and oxygen atoms in total. The molecule has 0 saturated heterocycles. The van der Waals surface area contributed by atoms with Gasteiger partial charge in [-0.15, -0.1) is 0 Å². The van der Waals surface area contributed by atoms with Crippen LogP contribution in [0.25, 0.3) is 0 Å². The Morgan fingerprint density at radius 3 is 1.92 bits per heavy atom. The SMILES string of the molecule is CC(C)NC[C@H](O)[C@H](O)C(C)(C)C. The summed E-state index contributed by atoms with van der Waals surface area (Å²) in [5.41, 5.74) is -0.266. The van der Waals surface area contributed by atoms with E-state index in [9.17, 15) is 10.2 Å². The van der Waals surface area contributed by atoms with Gasteiger partial charge >= 0.3 is 0 Å². The van der Waals surface area contributed by atoms with Gasteiger partial charge in [0.15, 0.2) is 0 Å². The molecule has 80 valence electrons. The third-order valence-corrected chi connectivity index (χ3v) is 1.99. The fourth-order valence-electron chi connectivity index (χ4n) is 1.05. The van der Waals surface area contributed by atoms with Gasteiger partial charge in [-0.25, -0.2) is 0 Å². The topological polar surface area (TPSA) is 52.5 Å². The van der Waals surface area contributed by atoms with Crippen LogP contribution in [0.4, 0.5) is 0 Å². The Morgan fingerprint density at radius 2 is 1.62 bits per heavy atom. The first-order valence-corrected chi connectivity index (χ1v) is 4.84. The third-order valence-electron chi connectivity index (χ3n) is 1.99. The maximum absolute atomic E-state index is 9.68. The second kappa shape index (κ2) is 4.94. The van der Waals surface area contributed by atoms with Crippen molar-refractivity contribution in [2.45, 2.75) is 52.9 Å². The van der Waals surface area contributed by atoms with Crippen LogP contribution in [0, 0.1) is 5.41 Å².